The van der Waals surface area contributed by atoms with Gasteiger partial charge in [0.05, 0.1) is 30.2 Å². The molecule has 0 spiro atoms. The molecular formula is C19H23ClFN3O5. The number of benzene rings is 1. The third kappa shape index (κ3) is 3.43. The van der Waals surface area contributed by atoms with Crippen LogP contribution in [-0.2, 0) is 4.74 Å². The summed E-state index contributed by atoms with van der Waals surface area (Å²) in [5.74, 6) is -1.78. The van der Waals surface area contributed by atoms with E-state index in [1.807, 2.05) is 0 Å². The lowest BCUT2D eigenvalue weighted by atomic mass is 10.1. The number of methoxy groups -OCH3 is 2. The summed E-state index contributed by atoms with van der Waals surface area (Å²) in [6, 6.07) is 0.873. The zero-order valence-corrected chi connectivity index (χ0v) is 16.9. The second-order valence-corrected chi connectivity index (χ2v) is 7.29. The van der Waals surface area contributed by atoms with Gasteiger partial charge < -0.3 is 29.8 Å². The minimum Gasteiger partial charge on any atom is -0.492 e. The minimum atomic E-state index is -1.33. The molecule has 1 aromatic heterocycles. The number of anilines is 1. The van der Waals surface area contributed by atoms with Gasteiger partial charge in [-0.3, -0.25) is 4.79 Å². The van der Waals surface area contributed by atoms with Crippen LogP contribution in [-0.4, -0.2) is 55.1 Å². The molecule has 1 aromatic carbocycles. The zero-order valence-electron chi connectivity index (χ0n) is 16.1. The summed E-state index contributed by atoms with van der Waals surface area (Å²) < 4.78 is 27.8. The van der Waals surface area contributed by atoms with Crippen LogP contribution in [0.25, 0.3) is 10.9 Å². The molecule has 2 fully saturated rings. The number of fused-ring (bicyclic) bond motifs is 1. The van der Waals surface area contributed by atoms with E-state index in [0.717, 1.165) is 18.9 Å². The highest BCUT2D eigenvalue weighted by molar-refractivity contribution is 5.97. The number of hydrogen-bond acceptors (Lipinski definition) is 6. The van der Waals surface area contributed by atoms with Gasteiger partial charge in [0.15, 0.2) is 11.6 Å². The zero-order chi connectivity index (χ0) is 20.2. The summed E-state index contributed by atoms with van der Waals surface area (Å²) in [6.07, 6.45) is 2.79. The Labute approximate surface area is 172 Å². The molecule has 1 aliphatic carbocycles. The number of pyridine rings is 1. The highest BCUT2D eigenvalue weighted by Gasteiger charge is 2.36. The quantitative estimate of drug-likeness (QED) is 0.748. The van der Waals surface area contributed by atoms with Crippen LogP contribution in [0.2, 0.25) is 0 Å². The third-order valence-corrected chi connectivity index (χ3v) is 5.50. The molecule has 2 aliphatic rings. The molecule has 8 nitrogen and oxygen atoms in total. The number of ether oxygens (including phenoxy) is 2. The van der Waals surface area contributed by atoms with Crippen molar-refractivity contribution < 1.29 is 23.8 Å². The lowest BCUT2D eigenvalue weighted by Crippen LogP contribution is -2.34. The molecule has 4 rings (SSSR count). The first kappa shape index (κ1) is 21.4. The highest BCUT2D eigenvalue weighted by Crippen LogP contribution is 2.44. The number of aromatic nitrogens is 1. The maximum Gasteiger partial charge on any atom is 0.341 e. The van der Waals surface area contributed by atoms with Crippen molar-refractivity contribution in [2.75, 3.05) is 32.2 Å². The average molecular weight is 428 g/mol. The largest absolute Gasteiger partial charge is 0.492 e. The van der Waals surface area contributed by atoms with Crippen molar-refractivity contribution in [1.82, 2.24) is 4.57 Å². The molecule has 29 heavy (non-hydrogen) atoms. The van der Waals surface area contributed by atoms with E-state index in [9.17, 15) is 14.7 Å². The average Bonchev–Trinajstić information content (AvgIpc) is 3.43. The Bertz CT molecular complexity index is 1020. The fourth-order valence-electron chi connectivity index (χ4n) is 3.96. The van der Waals surface area contributed by atoms with Crippen LogP contribution in [0, 0.1) is 5.82 Å². The third-order valence-electron chi connectivity index (χ3n) is 5.50. The summed E-state index contributed by atoms with van der Waals surface area (Å²) in [5.41, 5.74) is 5.60. The lowest BCUT2D eigenvalue weighted by Gasteiger charge is -2.24. The number of carbonyl (C=O) groups is 1. The van der Waals surface area contributed by atoms with Gasteiger partial charge in [-0.2, -0.15) is 0 Å². The number of nitrogens with two attached hydrogens (primary N) is 1. The van der Waals surface area contributed by atoms with Crippen molar-refractivity contribution in [3.63, 3.8) is 0 Å². The molecular weight excluding hydrogens is 405 g/mol. The summed E-state index contributed by atoms with van der Waals surface area (Å²) in [5, 5.41) is 9.38. The lowest BCUT2D eigenvalue weighted by molar-refractivity contribution is 0.0694. The van der Waals surface area contributed by atoms with E-state index in [2.05, 4.69) is 0 Å². The molecule has 0 radical (unpaired) electrons. The molecule has 0 amide bonds. The van der Waals surface area contributed by atoms with Crippen molar-refractivity contribution in [3.8, 4) is 5.75 Å². The van der Waals surface area contributed by atoms with Gasteiger partial charge in [0.1, 0.15) is 11.3 Å². The number of halogens is 2. The van der Waals surface area contributed by atoms with Gasteiger partial charge in [-0.15, -0.1) is 12.4 Å². The Morgan fingerprint density at radius 3 is 2.52 bits per heavy atom. The molecule has 158 valence electrons. The monoisotopic (exact) mass is 427 g/mol. The molecule has 1 saturated carbocycles. The number of hydrogen-bond donors (Lipinski definition) is 2. The predicted octanol–water partition coefficient (Wildman–Crippen LogP) is 1.77. The van der Waals surface area contributed by atoms with E-state index in [1.54, 1.807) is 16.6 Å². The van der Waals surface area contributed by atoms with Gasteiger partial charge >= 0.3 is 5.97 Å². The van der Waals surface area contributed by atoms with Crippen molar-refractivity contribution in [2.45, 2.75) is 31.0 Å². The predicted molar refractivity (Wildman–Crippen MR) is 108 cm³/mol. The summed E-state index contributed by atoms with van der Waals surface area (Å²) in [7, 11) is 2.97. The van der Waals surface area contributed by atoms with Crippen LogP contribution < -0.4 is 20.8 Å². The molecule has 0 unspecified atom stereocenters. The highest BCUT2D eigenvalue weighted by atomic mass is 35.5. The molecule has 0 bridgehead atoms. The van der Waals surface area contributed by atoms with E-state index >= 15 is 4.39 Å². The number of carboxylic acids is 1. The van der Waals surface area contributed by atoms with E-state index in [1.165, 1.54) is 13.3 Å². The SMILES string of the molecule is COc1c(N2C[C@H](OC)[C@@H](N)C2)c(F)cc2c(=O)c(C(=O)O)cn(C3CC3)c12.Cl. The summed E-state index contributed by atoms with van der Waals surface area (Å²) in [6.45, 7) is 0.759. The van der Waals surface area contributed by atoms with Crippen molar-refractivity contribution in [1.29, 1.82) is 0 Å². The van der Waals surface area contributed by atoms with Crippen LogP contribution in [0.3, 0.4) is 0 Å². The van der Waals surface area contributed by atoms with Crippen molar-refractivity contribution in [3.05, 3.63) is 33.9 Å². The van der Waals surface area contributed by atoms with Crippen molar-refractivity contribution in [2.24, 2.45) is 5.73 Å². The maximum absolute atomic E-state index is 15.1. The first-order chi connectivity index (χ1) is 13.4. The van der Waals surface area contributed by atoms with Gasteiger partial charge in [0.2, 0.25) is 5.43 Å². The molecule has 10 heteroatoms. The fraction of sp³-hybridized carbons (Fsp3) is 0.474. The van der Waals surface area contributed by atoms with E-state index in [-0.39, 0.29) is 53.0 Å². The van der Waals surface area contributed by atoms with Gasteiger partial charge in [-0.05, 0) is 18.9 Å². The van der Waals surface area contributed by atoms with Gasteiger partial charge in [0.25, 0.3) is 0 Å². The molecule has 1 aliphatic heterocycles. The van der Waals surface area contributed by atoms with E-state index < -0.39 is 17.2 Å². The number of rotatable bonds is 5. The summed E-state index contributed by atoms with van der Waals surface area (Å²) in [4.78, 5) is 26.0. The number of aromatic carboxylic acids is 1. The van der Waals surface area contributed by atoms with Crippen LogP contribution in [0.15, 0.2) is 17.1 Å². The van der Waals surface area contributed by atoms with Crippen LogP contribution in [0.1, 0.15) is 29.2 Å². The molecule has 3 N–H and O–H groups in total. The number of carboxylic acid groups (broad SMARTS) is 1. The first-order valence-corrected chi connectivity index (χ1v) is 9.09. The van der Waals surface area contributed by atoms with Gasteiger partial charge in [-0.25, -0.2) is 9.18 Å². The molecule has 2 heterocycles. The summed E-state index contributed by atoms with van der Waals surface area (Å²) >= 11 is 0. The topological polar surface area (TPSA) is 107 Å². The normalized spacial score (nSPS) is 21.3. The van der Waals surface area contributed by atoms with Gasteiger partial charge in [0, 0.05) is 32.4 Å². The molecule has 1 saturated heterocycles. The standard InChI is InChI=1S/C19H22FN3O5.ClH/c1-27-14-8-22(7-13(14)21)16-12(20)5-10-15(18(16)28-2)23(9-3-4-9)6-11(17(10)24)19(25)26;/h5-6,9,13-14H,3-4,7-8,21H2,1-2H3,(H,25,26);1H/t13-,14-;/m0./s1. The Kier molecular flexibility index (Phi) is 5.75. The van der Waals surface area contributed by atoms with Crippen molar-refractivity contribution >= 4 is 35.0 Å². The van der Waals surface area contributed by atoms with E-state index in [4.69, 9.17) is 15.2 Å². The molecule has 2 aromatic rings. The fourth-order valence-corrected chi connectivity index (χ4v) is 3.96. The number of nitrogens with zero attached hydrogens (tertiary/aromatic N) is 2. The Balaban J connectivity index is 0.00000240. The second-order valence-electron chi connectivity index (χ2n) is 7.29. The Morgan fingerprint density at radius 1 is 1.31 bits per heavy atom. The minimum absolute atomic E-state index is 0. The maximum atomic E-state index is 15.1. The Morgan fingerprint density at radius 2 is 2.00 bits per heavy atom. The molecule has 2 atom stereocenters. The van der Waals surface area contributed by atoms with Crippen LogP contribution in [0.4, 0.5) is 10.1 Å². The first-order valence-electron chi connectivity index (χ1n) is 9.09. The van der Waals surface area contributed by atoms with Crippen LogP contribution in [0.5, 0.6) is 5.75 Å². The Hall–Kier alpha value is -2.36. The van der Waals surface area contributed by atoms with Gasteiger partial charge in [-0.1, -0.05) is 0 Å². The smallest absolute Gasteiger partial charge is 0.341 e. The van der Waals surface area contributed by atoms with Crippen LogP contribution >= 0.6 is 12.4 Å². The van der Waals surface area contributed by atoms with E-state index in [0.29, 0.717) is 18.6 Å². The second kappa shape index (κ2) is 7.81.